The zero-order chi connectivity index (χ0) is 24.8. The number of benzene rings is 2. The summed E-state index contributed by atoms with van der Waals surface area (Å²) in [4.78, 5) is 32.4. The van der Waals surface area contributed by atoms with Crippen LogP contribution in [-0.4, -0.2) is 29.1 Å². The van der Waals surface area contributed by atoms with Crippen LogP contribution in [0.15, 0.2) is 54.7 Å². The van der Waals surface area contributed by atoms with Crippen LogP contribution >= 0.6 is 0 Å². The first-order valence-electron chi connectivity index (χ1n) is 11.8. The van der Waals surface area contributed by atoms with E-state index in [0.717, 1.165) is 65.7 Å². The van der Waals surface area contributed by atoms with Crippen molar-refractivity contribution in [3.63, 3.8) is 0 Å². The van der Waals surface area contributed by atoms with Crippen molar-refractivity contribution in [3.05, 3.63) is 82.7 Å². The molecule has 0 unspecified atom stereocenters. The maximum atomic E-state index is 11.8. The maximum Gasteiger partial charge on any atom is 0.407 e. The zero-order valence-corrected chi connectivity index (χ0v) is 20.1. The number of aromatic nitrogens is 2. The number of primary amides is 1. The summed E-state index contributed by atoms with van der Waals surface area (Å²) in [6.07, 6.45) is 5.96. The van der Waals surface area contributed by atoms with E-state index in [4.69, 9.17) is 15.5 Å². The number of methoxy groups -OCH3 is 1. The Morgan fingerprint density at radius 3 is 2.40 bits per heavy atom. The standard InChI is InChI=1S/C27H31N5O3/c1-18-17-29-25(31-23(18)13-8-19-6-3-4-7-20(19)16-24(28)33)30-22-11-9-21(10-12-22)27(14-5-15-27)32-26(34)35-2/h3-4,6-7,9-12,17H,5,8,13-16H2,1-2H3,(H2,28,33)(H,32,34)(H,29,30,31). The van der Waals surface area contributed by atoms with Crippen molar-refractivity contribution in [1.29, 1.82) is 0 Å². The number of aryl methyl sites for hydroxylation is 3. The van der Waals surface area contributed by atoms with Crippen molar-refractivity contribution < 1.29 is 14.3 Å². The zero-order valence-electron chi connectivity index (χ0n) is 20.1. The molecule has 0 atom stereocenters. The second kappa shape index (κ2) is 10.5. The lowest BCUT2D eigenvalue weighted by molar-refractivity contribution is -0.117. The molecule has 1 heterocycles. The molecule has 1 aliphatic rings. The molecular weight excluding hydrogens is 442 g/mol. The van der Waals surface area contributed by atoms with E-state index in [0.29, 0.717) is 5.95 Å². The normalized spacial score (nSPS) is 14.0. The van der Waals surface area contributed by atoms with E-state index in [1.807, 2.05) is 61.7 Å². The van der Waals surface area contributed by atoms with Gasteiger partial charge in [-0.3, -0.25) is 4.79 Å². The molecule has 35 heavy (non-hydrogen) atoms. The number of carbonyl (C=O) groups is 2. The van der Waals surface area contributed by atoms with E-state index in [1.165, 1.54) is 7.11 Å². The number of hydrogen-bond acceptors (Lipinski definition) is 6. The number of carbonyl (C=O) groups excluding carboxylic acids is 2. The summed E-state index contributed by atoms with van der Waals surface area (Å²) < 4.78 is 4.80. The molecule has 4 N–H and O–H groups in total. The molecule has 182 valence electrons. The lowest BCUT2D eigenvalue weighted by atomic mass is 9.72. The molecule has 0 saturated heterocycles. The third-order valence-electron chi connectivity index (χ3n) is 6.62. The number of rotatable bonds is 9. The van der Waals surface area contributed by atoms with E-state index < -0.39 is 6.09 Å². The Labute approximate surface area is 205 Å². The first-order valence-corrected chi connectivity index (χ1v) is 11.8. The minimum atomic E-state index is -0.412. The van der Waals surface area contributed by atoms with Gasteiger partial charge in [0.25, 0.3) is 0 Å². The van der Waals surface area contributed by atoms with Crippen LogP contribution in [0.25, 0.3) is 0 Å². The Hall–Kier alpha value is -3.94. The van der Waals surface area contributed by atoms with Crippen molar-refractivity contribution in [2.75, 3.05) is 12.4 Å². The number of nitrogens with two attached hydrogens (primary N) is 1. The third kappa shape index (κ3) is 5.77. The Balaban J connectivity index is 1.44. The largest absolute Gasteiger partial charge is 0.453 e. The molecule has 1 aliphatic carbocycles. The molecule has 3 aromatic rings. The van der Waals surface area contributed by atoms with Gasteiger partial charge in [0.05, 0.1) is 19.1 Å². The summed E-state index contributed by atoms with van der Waals surface area (Å²) in [6, 6.07) is 15.8. The maximum absolute atomic E-state index is 11.8. The predicted octanol–water partition coefficient (Wildman–Crippen LogP) is 4.08. The third-order valence-corrected chi connectivity index (χ3v) is 6.62. The van der Waals surface area contributed by atoms with Crippen molar-refractivity contribution >= 4 is 23.6 Å². The van der Waals surface area contributed by atoms with Gasteiger partial charge in [-0.15, -0.1) is 0 Å². The topological polar surface area (TPSA) is 119 Å². The summed E-state index contributed by atoms with van der Waals surface area (Å²) in [5.41, 5.74) is 11.0. The molecule has 1 fully saturated rings. The fourth-order valence-electron chi connectivity index (χ4n) is 4.47. The van der Waals surface area contributed by atoms with Crippen molar-refractivity contribution in [3.8, 4) is 0 Å². The van der Waals surface area contributed by atoms with Crippen LogP contribution in [0.3, 0.4) is 0 Å². The quantitative estimate of drug-likeness (QED) is 0.431. The van der Waals surface area contributed by atoms with Gasteiger partial charge in [-0.1, -0.05) is 36.4 Å². The molecule has 0 aliphatic heterocycles. The van der Waals surface area contributed by atoms with E-state index >= 15 is 0 Å². The number of anilines is 2. The number of hydrogen-bond donors (Lipinski definition) is 3. The Bertz CT molecular complexity index is 1210. The molecule has 2 aromatic carbocycles. The van der Waals surface area contributed by atoms with Crippen LogP contribution in [0.2, 0.25) is 0 Å². The molecule has 0 bridgehead atoms. The second-order valence-corrected chi connectivity index (χ2v) is 8.99. The molecule has 2 amide bonds. The fourth-order valence-corrected chi connectivity index (χ4v) is 4.47. The Morgan fingerprint density at radius 1 is 1.06 bits per heavy atom. The van der Waals surface area contributed by atoms with Gasteiger partial charge in [-0.2, -0.15) is 0 Å². The monoisotopic (exact) mass is 473 g/mol. The van der Waals surface area contributed by atoms with Gasteiger partial charge >= 0.3 is 6.09 Å². The Kier molecular flexibility index (Phi) is 7.29. The summed E-state index contributed by atoms with van der Waals surface area (Å²) in [5.74, 6) is 0.187. The molecule has 1 saturated carbocycles. The number of nitrogens with zero attached hydrogens (tertiary/aromatic N) is 2. The van der Waals surface area contributed by atoms with E-state index in [-0.39, 0.29) is 17.9 Å². The lowest BCUT2D eigenvalue weighted by Crippen LogP contribution is -2.50. The highest BCUT2D eigenvalue weighted by Crippen LogP contribution is 2.41. The number of alkyl carbamates (subject to hydrolysis) is 1. The molecule has 4 rings (SSSR count). The van der Waals surface area contributed by atoms with Crippen LogP contribution in [-0.2, 0) is 34.3 Å². The lowest BCUT2D eigenvalue weighted by Gasteiger charge is -2.42. The number of amides is 2. The van der Waals surface area contributed by atoms with Gasteiger partial charge in [0, 0.05) is 17.6 Å². The first-order chi connectivity index (χ1) is 16.9. The molecule has 0 spiro atoms. The number of nitrogens with one attached hydrogen (secondary N) is 2. The van der Waals surface area contributed by atoms with Gasteiger partial charge in [0.2, 0.25) is 11.9 Å². The smallest absolute Gasteiger partial charge is 0.407 e. The van der Waals surface area contributed by atoms with Crippen molar-refractivity contribution in [1.82, 2.24) is 15.3 Å². The molecule has 8 nitrogen and oxygen atoms in total. The van der Waals surface area contributed by atoms with Crippen LogP contribution in [0.1, 0.15) is 47.2 Å². The van der Waals surface area contributed by atoms with Gasteiger partial charge in [0.15, 0.2) is 0 Å². The minimum absolute atomic E-state index is 0.234. The van der Waals surface area contributed by atoms with Gasteiger partial charge in [0.1, 0.15) is 0 Å². The van der Waals surface area contributed by atoms with Crippen LogP contribution < -0.4 is 16.4 Å². The predicted molar refractivity (Wildman–Crippen MR) is 134 cm³/mol. The summed E-state index contributed by atoms with van der Waals surface area (Å²) in [7, 11) is 1.38. The van der Waals surface area contributed by atoms with Crippen molar-refractivity contribution in [2.45, 2.75) is 51.0 Å². The average Bonchev–Trinajstić information content (AvgIpc) is 2.82. The van der Waals surface area contributed by atoms with Gasteiger partial charge in [-0.05, 0) is 73.4 Å². The van der Waals surface area contributed by atoms with Crippen LogP contribution in [0.5, 0.6) is 0 Å². The fraction of sp³-hybridized carbons (Fsp3) is 0.333. The van der Waals surface area contributed by atoms with Crippen LogP contribution in [0.4, 0.5) is 16.4 Å². The molecule has 0 radical (unpaired) electrons. The SMILES string of the molecule is COC(=O)NC1(c2ccc(Nc3ncc(C)c(CCc4ccccc4CC(N)=O)n3)cc2)CCC1. The van der Waals surface area contributed by atoms with E-state index in [2.05, 4.69) is 15.6 Å². The summed E-state index contributed by atoms with van der Waals surface area (Å²) in [5, 5.41) is 6.27. The molecule has 1 aromatic heterocycles. The summed E-state index contributed by atoms with van der Waals surface area (Å²) in [6.45, 7) is 2.00. The highest BCUT2D eigenvalue weighted by molar-refractivity contribution is 5.77. The second-order valence-electron chi connectivity index (χ2n) is 8.99. The summed E-state index contributed by atoms with van der Waals surface area (Å²) >= 11 is 0. The highest BCUT2D eigenvalue weighted by Gasteiger charge is 2.40. The van der Waals surface area contributed by atoms with E-state index in [1.54, 1.807) is 0 Å². The van der Waals surface area contributed by atoms with Crippen LogP contribution in [0, 0.1) is 6.92 Å². The van der Waals surface area contributed by atoms with Crippen molar-refractivity contribution in [2.24, 2.45) is 5.73 Å². The van der Waals surface area contributed by atoms with Gasteiger partial charge < -0.3 is 21.1 Å². The minimum Gasteiger partial charge on any atom is -0.453 e. The first kappa shape index (κ1) is 24.2. The highest BCUT2D eigenvalue weighted by atomic mass is 16.5. The van der Waals surface area contributed by atoms with E-state index in [9.17, 15) is 9.59 Å². The average molecular weight is 474 g/mol. The molecular formula is C27H31N5O3. The Morgan fingerprint density at radius 2 is 1.77 bits per heavy atom. The van der Waals surface area contributed by atoms with Gasteiger partial charge in [-0.25, -0.2) is 14.8 Å². The number of ether oxygens (including phenoxy) is 1. The molecule has 8 heteroatoms.